The van der Waals surface area contributed by atoms with Crippen LogP contribution in [0.1, 0.15) is 35.8 Å². The minimum atomic E-state index is -1.07. The maximum Gasteiger partial charge on any atom is 0.371 e. The van der Waals surface area contributed by atoms with Gasteiger partial charge in [0.25, 0.3) is 0 Å². The maximum absolute atomic E-state index is 10.6. The minimum absolute atomic E-state index is 0.0673. The molecule has 1 rings (SSSR count). The highest BCUT2D eigenvalue weighted by Crippen LogP contribution is 2.19. The van der Waals surface area contributed by atoms with Gasteiger partial charge in [-0.1, -0.05) is 0 Å². The lowest BCUT2D eigenvalue weighted by Gasteiger charge is -2.09. The first kappa shape index (κ1) is 12.7. The number of rotatable bonds is 7. The van der Waals surface area contributed by atoms with E-state index in [4.69, 9.17) is 19.0 Å². The van der Waals surface area contributed by atoms with Gasteiger partial charge in [-0.3, -0.25) is 0 Å². The maximum atomic E-state index is 10.6. The molecule has 5 heteroatoms. The second-order valence-electron chi connectivity index (χ2n) is 3.37. The first-order valence-corrected chi connectivity index (χ1v) is 5.08. The summed E-state index contributed by atoms with van der Waals surface area (Å²) in [4.78, 5) is 10.6. The Balaban J connectivity index is 2.40. The highest BCUT2D eigenvalue weighted by Gasteiger charge is 2.14. The van der Waals surface area contributed by atoms with Crippen LogP contribution in [-0.4, -0.2) is 31.4 Å². The number of furan rings is 1. The van der Waals surface area contributed by atoms with Crippen molar-refractivity contribution in [2.45, 2.75) is 19.4 Å². The molecule has 0 bridgehead atoms. The molecule has 0 radical (unpaired) electrons. The largest absolute Gasteiger partial charge is 0.475 e. The Labute approximate surface area is 94.0 Å². The molecular weight excluding hydrogens is 212 g/mol. The van der Waals surface area contributed by atoms with Crippen molar-refractivity contribution in [2.75, 3.05) is 20.3 Å². The fraction of sp³-hybridized carbons (Fsp3) is 0.545. The molecule has 0 aromatic carbocycles. The van der Waals surface area contributed by atoms with Gasteiger partial charge in [0.1, 0.15) is 11.9 Å². The van der Waals surface area contributed by atoms with Crippen molar-refractivity contribution in [3.63, 3.8) is 0 Å². The van der Waals surface area contributed by atoms with Crippen LogP contribution in [0.25, 0.3) is 0 Å². The number of carbonyl (C=O) groups is 1. The summed E-state index contributed by atoms with van der Waals surface area (Å²) in [5, 5.41) is 8.67. The van der Waals surface area contributed by atoms with Crippen molar-refractivity contribution in [3.8, 4) is 0 Å². The van der Waals surface area contributed by atoms with Gasteiger partial charge in [-0.2, -0.15) is 0 Å². The number of aromatic carboxylic acids is 1. The fourth-order valence-electron chi connectivity index (χ4n) is 1.23. The third-order valence-corrected chi connectivity index (χ3v) is 2.10. The molecule has 0 saturated heterocycles. The van der Waals surface area contributed by atoms with Crippen molar-refractivity contribution < 1.29 is 23.8 Å². The van der Waals surface area contributed by atoms with Gasteiger partial charge in [0.15, 0.2) is 0 Å². The first-order valence-electron chi connectivity index (χ1n) is 5.08. The van der Waals surface area contributed by atoms with E-state index in [9.17, 15) is 4.79 Å². The Hall–Kier alpha value is -1.33. The van der Waals surface area contributed by atoms with Crippen LogP contribution in [0.15, 0.2) is 16.5 Å². The van der Waals surface area contributed by atoms with Crippen LogP contribution in [0.2, 0.25) is 0 Å². The molecule has 1 atom stereocenters. The predicted octanol–water partition coefficient (Wildman–Crippen LogP) is 2.09. The molecule has 0 aliphatic heterocycles. The van der Waals surface area contributed by atoms with Gasteiger partial charge in [-0.15, -0.1) is 0 Å². The third kappa shape index (κ3) is 3.67. The zero-order valence-electron chi connectivity index (χ0n) is 9.43. The van der Waals surface area contributed by atoms with E-state index >= 15 is 0 Å². The van der Waals surface area contributed by atoms with Gasteiger partial charge >= 0.3 is 5.97 Å². The molecule has 5 nitrogen and oxygen atoms in total. The van der Waals surface area contributed by atoms with Gasteiger partial charge < -0.3 is 19.0 Å². The SMILES string of the molecule is COCCCOC(C)c1ccc(C(=O)O)o1. The number of ether oxygens (including phenoxy) is 2. The summed E-state index contributed by atoms with van der Waals surface area (Å²) < 4.78 is 15.4. The average molecular weight is 228 g/mol. The quantitative estimate of drug-likeness (QED) is 0.723. The van der Waals surface area contributed by atoms with Crippen molar-refractivity contribution in [2.24, 2.45) is 0 Å². The molecule has 0 aliphatic carbocycles. The van der Waals surface area contributed by atoms with Crippen molar-refractivity contribution >= 4 is 5.97 Å². The summed E-state index contributed by atoms with van der Waals surface area (Å²) in [6, 6.07) is 3.04. The van der Waals surface area contributed by atoms with Crippen molar-refractivity contribution in [1.82, 2.24) is 0 Å². The van der Waals surface area contributed by atoms with Gasteiger partial charge in [-0.05, 0) is 25.5 Å². The van der Waals surface area contributed by atoms with Crippen molar-refractivity contribution in [3.05, 3.63) is 23.7 Å². The second kappa shape index (κ2) is 6.30. The lowest BCUT2D eigenvalue weighted by molar-refractivity contribution is 0.0356. The molecule has 90 valence electrons. The van der Waals surface area contributed by atoms with Crippen LogP contribution >= 0.6 is 0 Å². The first-order chi connectivity index (χ1) is 7.65. The number of carboxylic acid groups (broad SMARTS) is 1. The monoisotopic (exact) mass is 228 g/mol. The Morgan fingerprint density at radius 2 is 2.25 bits per heavy atom. The highest BCUT2D eigenvalue weighted by atomic mass is 16.5. The van der Waals surface area contributed by atoms with E-state index in [-0.39, 0.29) is 11.9 Å². The normalized spacial score (nSPS) is 12.6. The van der Waals surface area contributed by atoms with Gasteiger partial charge in [0, 0.05) is 20.3 Å². The summed E-state index contributed by atoms with van der Waals surface area (Å²) in [7, 11) is 1.63. The van der Waals surface area contributed by atoms with Crippen LogP contribution in [0.3, 0.4) is 0 Å². The predicted molar refractivity (Wildman–Crippen MR) is 56.5 cm³/mol. The van der Waals surface area contributed by atoms with Crippen molar-refractivity contribution in [1.29, 1.82) is 0 Å². The smallest absolute Gasteiger partial charge is 0.371 e. The van der Waals surface area contributed by atoms with E-state index in [1.54, 1.807) is 13.2 Å². The molecule has 0 fully saturated rings. The minimum Gasteiger partial charge on any atom is -0.475 e. The molecule has 1 aromatic heterocycles. The molecule has 1 unspecified atom stereocenters. The summed E-state index contributed by atoms with van der Waals surface area (Å²) in [6.07, 6.45) is 0.554. The molecular formula is C11H16O5. The third-order valence-electron chi connectivity index (χ3n) is 2.10. The molecule has 0 aliphatic rings. The Kier molecular flexibility index (Phi) is 5.01. The van der Waals surface area contributed by atoms with E-state index in [1.165, 1.54) is 6.07 Å². The number of carboxylic acids is 1. The van der Waals surface area contributed by atoms with Crippen LogP contribution in [-0.2, 0) is 9.47 Å². The highest BCUT2D eigenvalue weighted by molar-refractivity contribution is 5.84. The lowest BCUT2D eigenvalue weighted by atomic mass is 10.3. The van der Waals surface area contributed by atoms with Crippen LogP contribution in [0, 0.1) is 0 Å². The van der Waals surface area contributed by atoms with E-state index in [2.05, 4.69) is 0 Å². The van der Waals surface area contributed by atoms with Crippen LogP contribution in [0.5, 0.6) is 0 Å². The molecule has 1 N–H and O–H groups in total. The summed E-state index contributed by atoms with van der Waals surface area (Å²) >= 11 is 0. The summed E-state index contributed by atoms with van der Waals surface area (Å²) in [6.45, 7) is 3.01. The summed E-state index contributed by atoms with van der Waals surface area (Å²) in [5.41, 5.74) is 0. The second-order valence-corrected chi connectivity index (χ2v) is 3.37. The Bertz CT molecular complexity index is 331. The summed E-state index contributed by atoms with van der Waals surface area (Å²) in [5.74, 6) is -0.616. The Morgan fingerprint density at radius 1 is 1.50 bits per heavy atom. The molecule has 0 saturated carbocycles. The van der Waals surface area contributed by atoms with Crippen LogP contribution in [0.4, 0.5) is 0 Å². The van der Waals surface area contributed by atoms with Gasteiger partial charge in [0.05, 0.1) is 0 Å². The molecule has 16 heavy (non-hydrogen) atoms. The fourth-order valence-corrected chi connectivity index (χ4v) is 1.23. The number of hydrogen-bond acceptors (Lipinski definition) is 4. The average Bonchev–Trinajstić information content (AvgIpc) is 2.73. The van der Waals surface area contributed by atoms with E-state index in [0.29, 0.717) is 19.0 Å². The Morgan fingerprint density at radius 3 is 2.81 bits per heavy atom. The standard InChI is InChI=1S/C11H16O5/c1-8(15-7-3-6-14-2)9-4-5-10(16-9)11(12)13/h4-5,8H,3,6-7H2,1-2H3,(H,12,13). The van der Waals surface area contributed by atoms with E-state index in [1.807, 2.05) is 6.92 Å². The molecule has 0 amide bonds. The number of hydrogen-bond donors (Lipinski definition) is 1. The zero-order chi connectivity index (χ0) is 12.0. The molecule has 1 heterocycles. The van der Waals surface area contributed by atoms with E-state index < -0.39 is 5.97 Å². The lowest BCUT2D eigenvalue weighted by Crippen LogP contribution is -2.03. The van der Waals surface area contributed by atoms with Crippen LogP contribution < -0.4 is 0 Å². The zero-order valence-corrected chi connectivity index (χ0v) is 9.43. The van der Waals surface area contributed by atoms with E-state index in [0.717, 1.165) is 6.42 Å². The topological polar surface area (TPSA) is 68.9 Å². The van der Waals surface area contributed by atoms with Gasteiger partial charge in [0.2, 0.25) is 5.76 Å². The molecule has 0 spiro atoms. The number of methoxy groups -OCH3 is 1. The molecule has 1 aromatic rings. The van der Waals surface area contributed by atoms with Gasteiger partial charge in [-0.25, -0.2) is 4.79 Å².